The van der Waals surface area contributed by atoms with E-state index in [1.165, 1.54) is 11.9 Å². The largest absolute Gasteiger partial charge is 0.357 e. The van der Waals surface area contributed by atoms with Crippen LogP contribution in [-0.2, 0) is 14.4 Å². The third-order valence-electron chi connectivity index (χ3n) is 4.06. The smallest absolute Gasteiger partial charge is 0.251 e. The fourth-order valence-corrected chi connectivity index (χ4v) is 3.13. The molecule has 26 heavy (non-hydrogen) atoms. The van der Waals surface area contributed by atoms with Crippen molar-refractivity contribution in [2.45, 2.75) is 18.9 Å². The van der Waals surface area contributed by atoms with Gasteiger partial charge < -0.3 is 20.9 Å². The third kappa shape index (κ3) is 5.29. The van der Waals surface area contributed by atoms with Crippen LogP contribution in [0.25, 0.3) is 0 Å². The Morgan fingerprint density at radius 2 is 1.96 bits per heavy atom. The number of rotatable bonds is 6. The Morgan fingerprint density at radius 3 is 2.65 bits per heavy atom. The molecule has 1 unspecified atom stereocenters. The molecule has 0 aromatic heterocycles. The van der Waals surface area contributed by atoms with E-state index in [-0.39, 0.29) is 30.8 Å². The van der Waals surface area contributed by atoms with Crippen molar-refractivity contribution in [2.75, 3.05) is 26.7 Å². The number of hydrogen-bond acceptors (Lipinski definition) is 4. The molecule has 0 bridgehead atoms. The van der Waals surface area contributed by atoms with E-state index >= 15 is 0 Å². The number of benzene rings is 1. The first kappa shape index (κ1) is 19.9. The van der Waals surface area contributed by atoms with Gasteiger partial charge in [-0.05, 0) is 31.0 Å². The van der Waals surface area contributed by atoms with Crippen LogP contribution in [0.4, 0.5) is 0 Å². The van der Waals surface area contributed by atoms with Crippen LogP contribution in [0.15, 0.2) is 28.7 Å². The normalized spacial score (nSPS) is 16.1. The van der Waals surface area contributed by atoms with Crippen LogP contribution < -0.4 is 16.0 Å². The highest BCUT2D eigenvalue weighted by Gasteiger charge is 2.33. The zero-order chi connectivity index (χ0) is 19.1. The maximum atomic E-state index is 12.2. The summed E-state index contributed by atoms with van der Waals surface area (Å²) in [4.78, 5) is 49.3. The molecule has 1 aromatic rings. The standard InChI is InChI=1S/C17H21BrN4O4/c1-19-17(26)13-6-3-7-22(13)15(24)10-20-14(23)9-21-16(25)11-4-2-5-12(18)8-11/h2,4-5,8,13H,3,6-7,9-10H2,1H3,(H,19,26)(H,20,23)(H,21,25). The van der Waals surface area contributed by atoms with Gasteiger partial charge in [-0.1, -0.05) is 22.0 Å². The van der Waals surface area contributed by atoms with Gasteiger partial charge in [-0.15, -0.1) is 0 Å². The van der Waals surface area contributed by atoms with E-state index in [0.29, 0.717) is 18.5 Å². The van der Waals surface area contributed by atoms with Gasteiger partial charge in [0.05, 0.1) is 13.1 Å². The number of carbonyl (C=O) groups excluding carboxylic acids is 4. The van der Waals surface area contributed by atoms with E-state index in [9.17, 15) is 19.2 Å². The summed E-state index contributed by atoms with van der Waals surface area (Å²) in [6.45, 7) is 0.0446. The minimum absolute atomic E-state index is 0.205. The summed E-state index contributed by atoms with van der Waals surface area (Å²) in [5.41, 5.74) is 0.425. The van der Waals surface area contributed by atoms with Crippen LogP contribution in [0, 0.1) is 0 Å². The van der Waals surface area contributed by atoms with Gasteiger partial charge in [-0.2, -0.15) is 0 Å². The predicted molar refractivity (Wildman–Crippen MR) is 98.3 cm³/mol. The molecule has 1 atom stereocenters. The Labute approximate surface area is 159 Å². The average Bonchev–Trinajstić information content (AvgIpc) is 3.13. The van der Waals surface area contributed by atoms with Gasteiger partial charge in [0.25, 0.3) is 5.91 Å². The summed E-state index contributed by atoms with van der Waals surface area (Å²) in [7, 11) is 1.53. The van der Waals surface area contributed by atoms with Crippen molar-refractivity contribution in [2.24, 2.45) is 0 Å². The van der Waals surface area contributed by atoms with Crippen molar-refractivity contribution in [3.63, 3.8) is 0 Å². The first-order valence-corrected chi connectivity index (χ1v) is 9.03. The fourth-order valence-electron chi connectivity index (χ4n) is 2.73. The Balaban J connectivity index is 1.77. The van der Waals surface area contributed by atoms with Gasteiger partial charge in [0.2, 0.25) is 17.7 Å². The quantitative estimate of drug-likeness (QED) is 0.598. The van der Waals surface area contributed by atoms with Gasteiger partial charge in [-0.25, -0.2) is 0 Å². The van der Waals surface area contributed by atoms with E-state index < -0.39 is 11.9 Å². The van der Waals surface area contributed by atoms with Crippen LogP contribution in [0.5, 0.6) is 0 Å². The summed E-state index contributed by atoms with van der Waals surface area (Å²) in [5, 5.41) is 7.50. The summed E-state index contributed by atoms with van der Waals surface area (Å²) >= 11 is 3.27. The first-order chi connectivity index (χ1) is 12.4. The Kier molecular flexibility index (Phi) is 7.14. The lowest BCUT2D eigenvalue weighted by Gasteiger charge is -2.23. The van der Waals surface area contributed by atoms with Gasteiger partial charge in [0.15, 0.2) is 0 Å². The molecule has 0 saturated carbocycles. The number of halogens is 1. The van der Waals surface area contributed by atoms with Crippen molar-refractivity contribution in [3.8, 4) is 0 Å². The lowest BCUT2D eigenvalue weighted by atomic mass is 10.2. The Hall–Kier alpha value is -2.42. The van der Waals surface area contributed by atoms with Gasteiger partial charge >= 0.3 is 0 Å². The molecule has 1 heterocycles. The second kappa shape index (κ2) is 9.33. The van der Waals surface area contributed by atoms with E-state index in [1.807, 2.05) is 0 Å². The van der Waals surface area contributed by atoms with Crippen LogP contribution in [0.3, 0.4) is 0 Å². The molecule has 3 N–H and O–H groups in total. The summed E-state index contributed by atoms with van der Waals surface area (Å²) in [6.07, 6.45) is 1.36. The Morgan fingerprint density at radius 1 is 1.19 bits per heavy atom. The summed E-state index contributed by atoms with van der Waals surface area (Å²) < 4.78 is 0.761. The molecule has 1 aliphatic rings. The number of carbonyl (C=O) groups is 4. The highest BCUT2D eigenvalue weighted by atomic mass is 79.9. The van der Waals surface area contributed by atoms with Gasteiger partial charge in [0, 0.05) is 23.6 Å². The molecule has 2 rings (SSSR count). The minimum Gasteiger partial charge on any atom is -0.357 e. The van der Waals surface area contributed by atoms with Crippen molar-refractivity contribution in [1.82, 2.24) is 20.9 Å². The van der Waals surface area contributed by atoms with E-state index in [0.717, 1.165) is 10.9 Å². The molecule has 1 saturated heterocycles. The molecule has 9 heteroatoms. The minimum atomic E-state index is -0.486. The molecule has 0 radical (unpaired) electrons. The topological polar surface area (TPSA) is 108 Å². The molecular weight excluding hydrogens is 404 g/mol. The van der Waals surface area contributed by atoms with Crippen LogP contribution in [-0.4, -0.2) is 61.3 Å². The fraction of sp³-hybridized carbons (Fsp3) is 0.412. The molecule has 4 amide bonds. The molecule has 0 spiro atoms. The molecule has 1 fully saturated rings. The lowest BCUT2D eigenvalue weighted by molar-refractivity contribution is -0.138. The number of nitrogens with zero attached hydrogens (tertiary/aromatic N) is 1. The van der Waals surface area contributed by atoms with Gasteiger partial charge in [-0.3, -0.25) is 19.2 Å². The summed E-state index contributed by atoms with van der Waals surface area (Å²) in [6, 6.07) is 6.30. The third-order valence-corrected chi connectivity index (χ3v) is 4.55. The number of hydrogen-bond donors (Lipinski definition) is 3. The molecule has 1 aromatic carbocycles. The Bertz CT molecular complexity index is 710. The van der Waals surface area contributed by atoms with Crippen molar-refractivity contribution in [3.05, 3.63) is 34.3 Å². The predicted octanol–water partition coefficient (Wildman–Crippen LogP) is 0.0321. The van der Waals surface area contributed by atoms with Crippen LogP contribution in [0.2, 0.25) is 0 Å². The van der Waals surface area contributed by atoms with E-state index in [4.69, 9.17) is 0 Å². The molecular formula is C17H21BrN4O4. The zero-order valence-electron chi connectivity index (χ0n) is 14.4. The number of nitrogens with one attached hydrogen (secondary N) is 3. The molecule has 0 aliphatic carbocycles. The SMILES string of the molecule is CNC(=O)C1CCCN1C(=O)CNC(=O)CNC(=O)c1cccc(Br)c1. The highest BCUT2D eigenvalue weighted by molar-refractivity contribution is 9.10. The molecule has 8 nitrogen and oxygen atoms in total. The number of likely N-dealkylation sites (tertiary alicyclic amines) is 1. The molecule has 1 aliphatic heterocycles. The van der Waals surface area contributed by atoms with Crippen molar-refractivity contribution < 1.29 is 19.2 Å². The average molecular weight is 425 g/mol. The lowest BCUT2D eigenvalue weighted by Crippen LogP contribution is -2.49. The van der Waals surface area contributed by atoms with Crippen molar-refractivity contribution in [1.29, 1.82) is 0 Å². The molecule has 140 valence electrons. The maximum Gasteiger partial charge on any atom is 0.251 e. The van der Waals surface area contributed by atoms with Gasteiger partial charge in [0.1, 0.15) is 6.04 Å². The second-order valence-electron chi connectivity index (χ2n) is 5.83. The highest BCUT2D eigenvalue weighted by Crippen LogP contribution is 2.17. The van der Waals surface area contributed by atoms with E-state index in [2.05, 4.69) is 31.9 Å². The van der Waals surface area contributed by atoms with Crippen LogP contribution >= 0.6 is 15.9 Å². The second-order valence-corrected chi connectivity index (χ2v) is 6.74. The van der Waals surface area contributed by atoms with E-state index in [1.54, 1.807) is 24.3 Å². The number of likely N-dealkylation sites (N-methyl/N-ethyl adjacent to an activating group) is 1. The first-order valence-electron chi connectivity index (χ1n) is 8.24. The maximum absolute atomic E-state index is 12.2. The number of amides is 4. The monoisotopic (exact) mass is 424 g/mol. The zero-order valence-corrected chi connectivity index (χ0v) is 16.0. The summed E-state index contributed by atoms with van der Waals surface area (Å²) in [5.74, 6) is -1.38. The van der Waals surface area contributed by atoms with Crippen molar-refractivity contribution >= 4 is 39.6 Å². The van der Waals surface area contributed by atoms with Crippen LogP contribution in [0.1, 0.15) is 23.2 Å².